The van der Waals surface area contributed by atoms with Crippen molar-refractivity contribution in [3.63, 3.8) is 0 Å². The van der Waals surface area contributed by atoms with Gasteiger partial charge in [0.05, 0.1) is 18.1 Å². The molecular formula is C18H21FN4O. The average molecular weight is 328 g/mol. The first-order valence-electron chi connectivity index (χ1n) is 8.30. The summed E-state index contributed by atoms with van der Waals surface area (Å²) in [5.41, 5.74) is 1.46. The Bertz CT molecular complexity index is 681. The van der Waals surface area contributed by atoms with Gasteiger partial charge in [-0.05, 0) is 50.2 Å². The summed E-state index contributed by atoms with van der Waals surface area (Å²) in [6.45, 7) is 3.66. The van der Waals surface area contributed by atoms with E-state index in [2.05, 4.69) is 15.3 Å². The molecule has 1 amide bonds. The normalized spacial score (nSPS) is 15.2. The first kappa shape index (κ1) is 16.5. The van der Waals surface area contributed by atoms with Gasteiger partial charge in [-0.2, -0.15) is 0 Å². The molecule has 3 rings (SSSR count). The van der Waals surface area contributed by atoms with Crippen molar-refractivity contribution in [2.24, 2.45) is 0 Å². The van der Waals surface area contributed by atoms with Crippen molar-refractivity contribution in [2.75, 3.05) is 18.0 Å². The van der Waals surface area contributed by atoms with Gasteiger partial charge in [-0.15, -0.1) is 0 Å². The number of carbonyl (C=O) groups excluding carboxylic acids is 1. The number of halogens is 1. The van der Waals surface area contributed by atoms with Crippen molar-refractivity contribution < 1.29 is 9.18 Å². The third-order valence-corrected chi connectivity index (χ3v) is 4.27. The Balaban J connectivity index is 1.85. The van der Waals surface area contributed by atoms with E-state index in [0.717, 1.165) is 31.5 Å². The van der Waals surface area contributed by atoms with Crippen LogP contribution in [-0.4, -0.2) is 35.0 Å². The number of benzene rings is 1. The van der Waals surface area contributed by atoms with Gasteiger partial charge in [-0.3, -0.25) is 14.7 Å². The molecule has 0 saturated carbocycles. The molecule has 2 heterocycles. The summed E-state index contributed by atoms with van der Waals surface area (Å²) in [4.78, 5) is 23.0. The number of nitrogens with zero attached hydrogens (tertiary/aromatic N) is 3. The maximum atomic E-state index is 13.0. The molecular weight excluding hydrogens is 307 g/mol. The summed E-state index contributed by atoms with van der Waals surface area (Å²) < 4.78 is 13.0. The molecule has 0 spiro atoms. The third kappa shape index (κ3) is 3.59. The fraction of sp³-hybridized carbons (Fsp3) is 0.389. The van der Waals surface area contributed by atoms with Gasteiger partial charge in [0.15, 0.2) is 5.82 Å². The van der Waals surface area contributed by atoms with Crippen LogP contribution in [-0.2, 0) is 4.79 Å². The molecule has 24 heavy (non-hydrogen) atoms. The molecule has 0 bridgehead atoms. The van der Waals surface area contributed by atoms with E-state index >= 15 is 0 Å². The molecule has 1 N–H and O–H groups in total. The van der Waals surface area contributed by atoms with Gasteiger partial charge < -0.3 is 5.32 Å². The molecule has 0 atom stereocenters. The van der Waals surface area contributed by atoms with Crippen LogP contribution in [0.15, 0.2) is 36.7 Å². The Morgan fingerprint density at radius 2 is 1.92 bits per heavy atom. The molecule has 1 saturated heterocycles. The van der Waals surface area contributed by atoms with E-state index < -0.39 is 0 Å². The van der Waals surface area contributed by atoms with Crippen LogP contribution in [0.25, 0.3) is 11.3 Å². The molecule has 2 aromatic rings. The van der Waals surface area contributed by atoms with E-state index in [1.165, 1.54) is 12.1 Å². The van der Waals surface area contributed by atoms with Gasteiger partial charge in [0, 0.05) is 18.0 Å². The van der Waals surface area contributed by atoms with Gasteiger partial charge in [0.25, 0.3) is 0 Å². The quantitative estimate of drug-likeness (QED) is 0.937. The van der Waals surface area contributed by atoms with Gasteiger partial charge in [-0.1, -0.05) is 6.92 Å². The van der Waals surface area contributed by atoms with Crippen LogP contribution in [0.5, 0.6) is 0 Å². The average Bonchev–Trinajstić information content (AvgIpc) is 2.64. The zero-order chi connectivity index (χ0) is 16.9. The molecule has 1 aliphatic rings. The molecule has 5 nitrogen and oxygen atoms in total. The Hall–Kier alpha value is -2.34. The predicted octanol–water partition coefficient (Wildman–Crippen LogP) is 2.78. The molecule has 0 aliphatic carbocycles. The maximum Gasteiger partial charge on any atom is 0.228 e. The van der Waals surface area contributed by atoms with Gasteiger partial charge in [0.1, 0.15) is 5.82 Å². The fourth-order valence-corrected chi connectivity index (χ4v) is 2.97. The van der Waals surface area contributed by atoms with E-state index in [4.69, 9.17) is 0 Å². The second kappa shape index (κ2) is 7.49. The lowest BCUT2D eigenvalue weighted by atomic mass is 10.0. The minimum Gasteiger partial charge on any atom is -0.317 e. The van der Waals surface area contributed by atoms with Crippen LogP contribution in [0.2, 0.25) is 0 Å². The summed E-state index contributed by atoms with van der Waals surface area (Å²) in [5.74, 6) is 0.360. The summed E-state index contributed by atoms with van der Waals surface area (Å²) in [7, 11) is 0. The van der Waals surface area contributed by atoms with Crippen molar-refractivity contribution in [2.45, 2.75) is 32.2 Å². The molecule has 1 aliphatic heterocycles. The topological polar surface area (TPSA) is 58.1 Å². The monoisotopic (exact) mass is 328 g/mol. The third-order valence-electron chi connectivity index (χ3n) is 4.27. The highest BCUT2D eigenvalue weighted by molar-refractivity contribution is 5.92. The predicted molar refractivity (Wildman–Crippen MR) is 91.1 cm³/mol. The smallest absolute Gasteiger partial charge is 0.228 e. The number of rotatable bonds is 4. The van der Waals surface area contributed by atoms with Crippen molar-refractivity contribution in [3.05, 3.63) is 42.5 Å². The van der Waals surface area contributed by atoms with Gasteiger partial charge >= 0.3 is 0 Å². The van der Waals surface area contributed by atoms with E-state index in [1.807, 2.05) is 6.92 Å². The Morgan fingerprint density at radius 1 is 1.21 bits per heavy atom. The summed E-state index contributed by atoms with van der Waals surface area (Å²) in [5, 5.41) is 3.31. The summed E-state index contributed by atoms with van der Waals surface area (Å²) in [6, 6.07) is 6.28. The highest BCUT2D eigenvalue weighted by Crippen LogP contribution is 2.23. The van der Waals surface area contributed by atoms with E-state index in [9.17, 15) is 9.18 Å². The lowest BCUT2D eigenvalue weighted by Crippen LogP contribution is -2.46. The van der Waals surface area contributed by atoms with Crippen LogP contribution >= 0.6 is 0 Å². The maximum absolute atomic E-state index is 13.0. The molecule has 1 aromatic heterocycles. The molecule has 6 heteroatoms. The lowest BCUT2D eigenvalue weighted by Gasteiger charge is -2.33. The number of aromatic nitrogens is 2. The molecule has 126 valence electrons. The second-order valence-electron chi connectivity index (χ2n) is 5.87. The summed E-state index contributed by atoms with van der Waals surface area (Å²) in [6.07, 6.45) is 5.53. The standard InChI is InChI=1S/C18H21FN4O/c1-2-18(24)23(15-7-9-20-10-8-15)17-12-21-16(11-22-17)13-3-5-14(19)6-4-13/h3-6,11-12,15,20H,2,7-10H2,1H3. The SMILES string of the molecule is CCC(=O)N(c1cnc(-c2ccc(F)cc2)cn1)C1CCNCC1. The number of carbonyl (C=O) groups is 1. The Kier molecular flexibility index (Phi) is 5.15. The largest absolute Gasteiger partial charge is 0.317 e. The van der Waals surface area contributed by atoms with Crippen LogP contribution < -0.4 is 10.2 Å². The molecule has 0 unspecified atom stereocenters. The number of anilines is 1. The van der Waals surface area contributed by atoms with Gasteiger partial charge in [0.2, 0.25) is 5.91 Å². The first-order valence-corrected chi connectivity index (χ1v) is 8.30. The van der Waals surface area contributed by atoms with Crippen LogP contribution in [0, 0.1) is 5.82 Å². The van der Waals surface area contributed by atoms with Gasteiger partial charge in [-0.25, -0.2) is 9.37 Å². The van der Waals surface area contributed by atoms with Crippen LogP contribution in [0.3, 0.4) is 0 Å². The fourth-order valence-electron chi connectivity index (χ4n) is 2.97. The first-order chi connectivity index (χ1) is 11.7. The van der Waals surface area contributed by atoms with E-state index in [0.29, 0.717) is 17.9 Å². The Labute approximate surface area is 140 Å². The zero-order valence-corrected chi connectivity index (χ0v) is 13.7. The number of amides is 1. The number of hydrogen-bond donors (Lipinski definition) is 1. The molecule has 0 radical (unpaired) electrons. The summed E-state index contributed by atoms with van der Waals surface area (Å²) >= 11 is 0. The minimum absolute atomic E-state index is 0.0609. The number of piperidine rings is 1. The minimum atomic E-state index is -0.283. The number of nitrogens with one attached hydrogen (secondary N) is 1. The van der Waals surface area contributed by atoms with Crippen molar-refractivity contribution in [3.8, 4) is 11.3 Å². The second-order valence-corrected chi connectivity index (χ2v) is 5.87. The van der Waals surface area contributed by atoms with Crippen molar-refractivity contribution in [1.82, 2.24) is 15.3 Å². The van der Waals surface area contributed by atoms with Crippen LogP contribution in [0.4, 0.5) is 10.2 Å². The lowest BCUT2D eigenvalue weighted by molar-refractivity contribution is -0.118. The van der Waals surface area contributed by atoms with E-state index in [1.54, 1.807) is 29.4 Å². The molecule has 1 aromatic carbocycles. The zero-order valence-electron chi connectivity index (χ0n) is 13.7. The van der Waals surface area contributed by atoms with Crippen molar-refractivity contribution in [1.29, 1.82) is 0 Å². The van der Waals surface area contributed by atoms with E-state index in [-0.39, 0.29) is 17.8 Å². The highest BCUT2D eigenvalue weighted by atomic mass is 19.1. The van der Waals surface area contributed by atoms with Crippen molar-refractivity contribution >= 4 is 11.7 Å². The Morgan fingerprint density at radius 3 is 2.50 bits per heavy atom. The molecule has 1 fully saturated rings. The van der Waals surface area contributed by atoms with Crippen LogP contribution in [0.1, 0.15) is 26.2 Å². The number of hydrogen-bond acceptors (Lipinski definition) is 4. The highest BCUT2D eigenvalue weighted by Gasteiger charge is 2.26.